The lowest BCUT2D eigenvalue weighted by molar-refractivity contribution is 0.311. The molecule has 1 N–H and O–H groups in total. The number of aromatic nitrogens is 3. The number of thioether (sulfide) groups is 1. The van der Waals surface area contributed by atoms with Crippen molar-refractivity contribution in [1.82, 2.24) is 15.2 Å². The molecule has 0 unspecified atom stereocenters. The van der Waals surface area contributed by atoms with E-state index in [0.717, 1.165) is 49.5 Å². The number of hydrogen-bond donors (Lipinski definition) is 1. The summed E-state index contributed by atoms with van der Waals surface area (Å²) in [7, 11) is 1.65. The van der Waals surface area contributed by atoms with Gasteiger partial charge < -0.3 is 14.8 Å². The maximum absolute atomic E-state index is 5.57. The van der Waals surface area contributed by atoms with Crippen LogP contribution in [0.25, 0.3) is 10.6 Å². The fourth-order valence-corrected chi connectivity index (χ4v) is 4.84. The molecule has 6 nitrogen and oxygen atoms in total. The molecule has 0 atom stereocenters. The number of rotatable bonds is 9. The van der Waals surface area contributed by atoms with E-state index < -0.39 is 0 Å². The summed E-state index contributed by atoms with van der Waals surface area (Å²) >= 11 is 4.84. The van der Waals surface area contributed by atoms with E-state index in [0.29, 0.717) is 6.61 Å². The molecule has 0 saturated heterocycles. The van der Waals surface area contributed by atoms with Crippen molar-refractivity contribution in [2.24, 2.45) is 0 Å². The normalized spacial score (nSPS) is 10.7. The van der Waals surface area contributed by atoms with Crippen molar-refractivity contribution >= 4 is 39.6 Å². The molecule has 0 fully saturated rings. The minimum atomic E-state index is 0.607. The molecule has 2 heterocycles. The van der Waals surface area contributed by atoms with Crippen LogP contribution in [0.3, 0.4) is 0 Å². The summed E-state index contributed by atoms with van der Waals surface area (Å²) in [6.07, 6.45) is 0. The first-order chi connectivity index (χ1) is 12.7. The fourth-order valence-electron chi connectivity index (χ4n) is 2.21. The number of benzene rings is 1. The Balaban J connectivity index is 1.67. The smallest absolute Gasteiger partial charge is 0.206 e. The summed E-state index contributed by atoms with van der Waals surface area (Å²) in [6.45, 7) is 5.45. The molecule has 1 aromatic carbocycles. The largest absolute Gasteiger partial charge is 0.493 e. The van der Waals surface area contributed by atoms with Crippen LogP contribution in [0.4, 0.5) is 5.13 Å². The molecule has 0 spiro atoms. The Morgan fingerprint density at radius 2 is 2.08 bits per heavy atom. The van der Waals surface area contributed by atoms with E-state index in [1.165, 1.54) is 0 Å². The van der Waals surface area contributed by atoms with Gasteiger partial charge in [-0.25, -0.2) is 4.98 Å². The van der Waals surface area contributed by atoms with Crippen LogP contribution in [-0.2, 0) is 5.75 Å². The molecule has 9 heteroatoms. The Hall–Kier alpha value is -1.84. The summed E-state index contributed by atoms with van der Waals surface area (Å²) in [5, 5.41) is 15.4. The molecule has 0 saturated carbocycles. The van der Waals surface area contributed by atoms with Gasteiger partial charge in [-0.2, -0.15) is 0 Å². The second-order valence-electron chi connectivity index (χ2n) is 5.13. The second kappa shape index (κ2) is 9.20. The van der Waals surface area contributed by atoms with Crippen molar-refractivity contribution in [3.05, 3.63) is 29.3 Å². The molecule has 0 bridgehead atoms. The number of anilines is 1. The average molecular weight is 409 g/mol. The van der Waals surface area contributed by atoms with Crippen LogP contribution < -0.4 is 14.8 Å². The number of nitrogens with zero attached hydrogens (tertiary/aromatic N) is 3. The Bertz CT molecular complexity index is 850. The van der Waals surface area contributed by atoms with Gasteiger partial charge in [-0.05, 0) is 32.0 Å². The first-order valence-electron chi connectivity index (χ1n) is 8.19. The lowest BCUT2D eigenvalue weighted by atomic mass is 10.2. The van der Waals surface area contributed by atoms with E-state index >= 15 is 0 Å². The van der Waals surface area contributed by atoms with Gasteiger partial charge in [0.2, 0.25) is 5.13 Å². The third-order valence-electron chi connectivity index (χ3n) is 3.34. The zero-order valence-corrected chi connectivity index (χ0v) is 17.3. The van der Waals surface area contributed by atoms with Gasteiger partial charge in [-0.15, -0.1) is 21.5 Å². The van der Waals surface area contributed by atoms with E-state index in [4.69, 9.17) is 14.5 Å². The number of ether oxygens (including phenoxy) is 2. The van der Waals surface area contributed by atoms with Crippen molar-refractivity contribution in [1.29, 1.82) is 0 Å². The topological polar surface area (TPSA) is 69.2 Å². The number of nitrogens with one attached hydrogen (secondary N) is 1. The summed E-state index contributed by atoms with van der Waals surface area (Å²) < 4.78 is 11.9. The highest BCUT2D eigenvalue weighted by Crippen LogP contribution is 2.35. The quantitative estimate of drug-likeness (QED) is 0.510. The minimum Gasteiger partial charge on any atom is -0.493 e. The maximum Gasteiger partial charge on any atom is 0.206 e. The van der Waals surface area contributed by atoms with Crippen LogP contribution in [0.1, 0.15) is 19.5 Å². The monoisotopic (exact) mass is 408 g/mol. The van der Waals surface area contributed by atoms with E-state index in [1.54, 1.807) is 41.5 Å². The molecule has 0 radical (unpaired) electrons. The van der Waals surface area contributed by atoms with Gasteiger partial charge in [-0.1, -0.05) is 23.1 Å². The average Bonchev–Trinajstić information content (AvgIpc) is 3.30. The molecule has 0 amide bonds. The van der Waals surface area contributed by atoms with Gasteiger partial charge in [0.25, 0.3) is 0 Å². The first-order valence-corrected chi connectivity index (χ1v) is 10.9. The van der Waals surface area contributed by atoms with E-state index in [9.17, 15) is 0 Å². The lowest BCUT2D eigenvalue weighted by Gasteiger charge is -2.09. The molecular weight excluding hydrogens is 388 g/mol. The third kappa shape index (κ3) is 4.66. The highest BCUT2D eigenvalue weighted by molar-refractivity contribution is 8.00. The van der Waals surface area contributed by atoms with Crippen molar-refractivity contribution in [2.45, 2.75) is 23.9 Å². The minimum absolute atomic E-state index is 0.607. The third-order valence-corrected chi connectivity index (χ3v) is 6.33. The summed E-state index contributed by atoms with van der Waals surface area (Å²) in [5.41, 5.74) is 2.06. The van der Waals surface area contributed by atoms with Crippen molar-refractivity contribution < 1.29 is 9.47 Å². The van der Waals surface area contributed by atoms with Crippen LogP contribution in [0.15, 0.2) is 27.9 Å². The van der Waals surface area contributed by atoms with Gasteiger partial charge in [0.15, 0.2) is 15.8 Å². The van der Waals surface area contributed by atoms with Crippen LogP contribution in [0.2, 0.25) is 0 Å². The zero-order valence-electron chi connectivity index (χ0n) is 14.8. The molecule has 3 rings (SSSR count). The Morgan fingerprint density at radius 1 is 1.19 bits per heavy atom. The molecule has 0 aliphatic rings. The predicted molar refractivity (Wildman–Crippen MR) is 109 cm³/mol. The molecular formula is C17H20N4O2S3. The molecule has 2 aromatic heterocycles. The summed E-state index contributed by atoms with van der Waals surface area (Å²) in [6, 6.07) is 5.90. The number of hydrogen-bond acceptors (Lipinski definition) is 9. The standard InChI is InChI=1S/C17H20N4O2S3/c1-4-18-16-20-21-17(26-16)25-10-12-9-24-15(19-12)11-6-7-13(23-5-2)14(8-11)22-3/h6-9H,4-5,10H2,1-3H3,(H,18,20). The lowest BCUT2D eigenvalue weighted by Crippen LogP contribution is -1.95. The zero-order chi connectivity index (χ0) is 18.4. The summed E-state index contributed by atoms with van der Waals surface area (Å²) in [5.74, 6) is 2.24. The van der Waals surface area contributed by atoms with Gasteiger partial charge in [0.1, 0.15) is 5.01 Å². The fraction of sp³-hybridized carbons (Fsp3) is 0.353. The Labute approximate surface area is 165 Å². The van der Waals surface area contributed by atoms with E-state index in [-0.39, 0.29) is 0 Å². The number of thiazole rings is 1. The molecule has 0 aliphatic carbocycles. The Kier molecular flexibility index (Phi) is 6.70. The van der Waals surface area contributed by atoms with Crippen molar-refractivity contribution in [2.75, 3.05) is 25.6 Å². The van der Waals surface area contributed by atoms with E-state index in [2.05, 4.69) is 20.9 Å². The molecule has 26 heavy (non-hydrogen) atoms. The van der Waals surface area contributed by atoms with Gasteiger partial charge in [0, 0.05) is 23.2 Å². The Morgan fingerprint density at radius 3 is 2.85 bits per heavy atom. The van der Waals surface area contributed by atoms with Crippen LogP contribution in [0.5, 0.6) is 11.5 Å². The van der Waals surface area contributed by atoms with Gasteiger partial charge in [-0.3, -0.25) is 0 Å². The number of methoxy groups -OCH3 is 1. The maximum atomic E-state index is 5.57. The van der Waals surface area contributed by atoms with Gasteiger partial charge >= 0.3 is 0 Å². The van der Waals surface area contributed by atoms with Crippen molar-refractivity contribution in [3.8, 4) is 22.1 Å². The molecule has 138 valence electrons. The van der Waals surface area contributed by atoms with Gasteiger partial charge in [0.05, 0.1) is 19.4 Å². The molecule has 3 aromatic rings. The summed E-state index contributed by atoms with van der Waals surface area (Å²) in [4.78, 5) is 4.73. The van der Waals surface area contributed by atoms with Crippen LogP contribution in [0, 0.1) is 0 Å². The highest BCUT2D eigenvalue weighted by atomic mass is 32.2. The first kappa shape index (κ1) is 18.9. The highest BCUT2D eigenvalue weighted by Gasteiger charge is 2.11. The van der Waals surface area contributed by atoms with Crippen LogP contribution in [-0.4, -0.2) is 35.4 Å². The van der Waals surface area contributed by atoms with E-state index in [1.807, 2.05) is 32.0 Å². The predicted octanol–water partition coefficient (Wildman–Crippen LogP) is 4.79. The van der Waals surface area contributed by atoms with Crippen LogP contribution >= 0.6 is 34.4 Å². The van der Waals surface area contributed by atoms with Crippen molar-refractivity contribution in [3.63, 3.8) is 0 Å². The second-order valence-corrected chi connectivity index (χ2v) is 8.19. The SMILES string of the molecule is CCNc1nnc(SCc2csc(-c3ccc(OCC)c(OC)c3)n2)s1. The molecule has 0 aliphatic heterocycles.